The molecule has 0 N–H and O–H groups in total. The van der Waals surface area contributed by atoms with Crippen molar-refractivity contribution in [3.05, 3.63) is 177 Å². The first kappa shape index (κ1) is 44.5. The number of aryl methyl sites for hydroxylation is 4. The van der Waals surface area contributed by atoms with E-state index in [1.807, 2.05) is 0 Å². The molecule has 0 radical (unpaired) electrons. The first-order valence-electron chi connectivity index (χ1n) is 24.0. The number of unbranched alkanes of at least 4 members (excludes halogenated alkanes) is 6. The molecular weight excluding hydrogens is 840 g/mol. The number of hydrogen-bond acceptors (Lipinski definition) is 0. The maximum atomic E-state index is 2.90. The van der Waals surface area contributed by atoms with Gasteiger partial charge in [0.15, 0.2) is 0 Å². The summed E-state index contributed by atoms with van der Waals surface area (Å²) in [5.74, 6) is 0. The Morgan fingerprint density at radius 1 is 0.387 bits per heavy atom. The third-order valence-electron chi connectivity index (χ3n) is 14.5. The van der Waals surface area contributed by atoms with Gasteiger partial charge in [0.05, 0.1) is 0 Å². The summed E-state index contributed by atoms with van der Waals surface area (Å²) in [4.78, 5) is 0. The van der Waals surface area contributed by atoms with Crippen LogP contribution in [-0.2, 0) is 17.4 Å². The fourth-order valence-corrected chi connectivity index (χ4v) is 31.0. The summed E-state index contributed by atoms with van der Waals surface area (Å²) in [6.07, 6.45) is 18.0. The monoisotopic (exact) mass is 908 g/mol. The SMILES string of the molecule is CCCCCCC1=Cc2c(-c3ccc(C)cc3)ccc(-c3ccc(C)cc3)c2[CH]1[Zr]([CH3])([CH3])(=[SiH2])[CH]1C(CCCCCC)=Cc2c(-c3ccc(C)cc3)ccc(-c3ccc(C)cc3)c21. The zero-order chi connectivity index (χ0) is 43.6. The van der Waals surface area contributed by atoms with E-state index in [0.717, 1.165) is 0 Å². The number of benzene rings is 6. The Morgan fingerprint density at radius 3 is 0.984 bits per heavy atom. The molecule has 0 fully saturated rings. The Labute approximate surface area is 377 Å². The van der Waals surface area contributed by atoms with Crippen LogP contribution in [0.25, 0.3) is 56.7 Å². The Bertz CT molecular complexity index is 2500. The van der Waals surface area contributed by atoms with E-state index in [1.54, 1.807) is 22.3 Å². The van der Waals surface area contributed by atoms with E-state index < -0.39 is 17.4 Å². The third kappa shape index (κ3) is 8.86. The van der Waals surface area contributed by atoms with Crippen LogP contribution in [0.5, 0.6) is 0 Å². The zero-order valence-electron chi connectivity index (χ0n) is 39.1. The molecule has 6 aromatic carbocycles. The fraction of sp³-hybridized carbons (Fsp3) is 0.333. The molecule has 2 atom stereocenters. The van der Waals surface area contributed by atoms with Gasteiger partial charge in [-0.3, -0.25) is 0 Å². The normalized spacial score (nSPS) is 16.0. The van der Waals surface area contributed by atoms with Crippen LogP contribution in [0.2, 0.25) is 9.26 Å². The van der Waals surface area contributed by atoms with E-state index >= 15 is 0 Å². The van der Waals surface area contributed by atoms with Crippen LogP contribution in [0.4, 0.5) is 0 Å². The van der Waals surface area contributed by atoms with E-state index in [-0.39, 0.29) is 0 Å². The molecule has 0 aliphatic heterocycles. The summed E-state index contributed by atoms with van der Waals surface area (Å²) >= 11 is -4.20. The van der Waals surface area contributed by atoms with Crippen LogP contribution in [0.3, 0.4) is 0 Å². The quantitative estimate of drug-likeness (QED) is 0.0670. The maximum absolute atomic E-state index is 4.20. The molecule has 2 aliphatic rings. The molecule has 0 saturated carbocycles. The van der Waals surface area contributed by atoms with Gasteiger partial charge in [-0.25, -0.2) is 0 Å². The Balaban J connectivity index is 1.42. The molecule has 2 heteroatoms. The van der Waals surface area contributed by atoms with Gasteiger partial charge in [-0.05, 0) is 0 Å². The van der Waals surface area contributed by atoms with Gasteiger partial charge in [-0.1, -0.05) is 0 Å². The van der Waals surface area contributed by atoms with Crippen molar-refractivity contribution >= 4 is 19.0 Å². The van der Waals surface area contributed by atoms with Gasteiger partial charge in [0.1, 0.15) is 0 Å². The zero-order valence-corrected chi connectivity index (χ0v) is 43.0. The molecule has 62 heavy (non-hydrogen) atoms. The summed E-state index contributed by atoms with van der Waals surface area (Å²) in [6, 6.07) is 47.4. The Hall–Kier alpha value is -4.10. The number of fused-ring (bicyclic) bond motifs is 2. The Kier molecular flexibility index (Phi) is 13.3. The van der Waals surface area contributed by atoms with Gasteiger partial charge in [0.2, 0.25) is 0 Å². The van der Waals surface area contributed by atoms with Crippen molar-refractivity contribution in [1.82, 2.24) is 0 Å². The third-order valence-corrected chi connectivity index (χ3v) is 31.9. The molecule has 0 saturated heterocycles. The summed E-state index contributed by atoms with van der Waals surface area (Å²) in [5, 5.41) is 0. The van der Waals surface area contributed by atoms with E-state index in [0.29, 0.717) is 7.25 Å². The second-order valence-corrected chi connectivity index (χ2v) is 50.8. The molecule has 6 aromatic rings. The predicted octanol–water partition coefficient (Wildman–Crippen LogP) is 17.4. The first-order valence-corrected chi connectivity index (χ1v) is 37.6. The van der Waals surface area contributed by atoms with E-state index in [4.69, 9.17) is 0 Å². The Morgan fingerprint density at radius 2 is 0.677 bits per heavy atom. The molecular formula is C60H70SiZr. The molecule has 0 nitrogen and oxygen atoms in total. The van der Waals surface area contributed by atoms with Crippen LogP contribution in [0.1, 0.15) is 130 Å². The van der Waals surface area contributed by atoms with Crippen LogP contribution < -0.4 is 0 Å². The summed E-state index contributed by atoms with van der Waals surface area (Å²) < 4.78 is 6.62. The van der Waals surface area contributed by atoms with Gasteiger partial charge < -0.3 is 0 Å². The molecule has 318 valence electrons. The van der Waals surface area contributed by atoms with Gasteiger partial charge in [0.25, 0.3) is 0 Å². The minimum absolute atomic E-state index is 0.414. The number of rotatable bonds is 16. The van der Waals surface area contributed by atoms with Crippen molar-refractivity contribution in [2.24, 2.45) is 0 Å². The molecule has 8 rings (SSSR count). The molecule has 0 aromatic heterocycles. The standard InChI is InChI=1S/2C29H31.2CH3.H2Si.Zr/c2*1-4-5-6-7-8-23-19-28-26(24-13-9-21(2)10-14-24)17-18-27(29(28)20-23)25-15-11-22(3)12-16-25;;;;/h2*9-20H,4-8H2,1-3H3;2*1H3;1H2;. The molecule has 2 aliphatic carbocycles. The van der Waals surface area contributed by atoms with Crippen LogP contribution in [0, 0.1) is 27.7 Å². The summed E-state index contributed by atoms with van der Waals surface area (Å²) in [7, 11) is 0. The van der Waals surface area contributed by atoms with Gasteiger partial charge >= 0.3 is 380 Å². The molecule has 0 heterocycles. The average molecular weight is 911 g/mol. The van der Waals surface area contributed by atoms with Crippen molar-refractivity contribution in [2.45, 2.75) is 122 Å². The average Bonchev–Trinajstić information content (AvgIpc) is 3.86. The van der Waals surface area contributed by atoms with Crippen molar-refractivity contribution < 1.29 is 17.4 Å². The van der Waals surface area contributed by atoms with E-state index in [9.17, 15) is 0 Å². The second-order valence-electron chi connectivity index (χ2n) is 20.3. The van der Waals surface area contributed by atoms with Crippen LogP contribution in [0.15, 0.2) is 132 Å². The summed E-state index contributed by atoms with van der Waals surface area (Å²) in [5.41, 5.74) is 25.9. The number of allylic oxidation sites excluding steroid dienone is 2. The van der Waals surface area contributed by atoms with Crippen molar-refractivity contribution in [1.29, 1.82) is 0 Å². The van der Waals surface area contributed by atoms with E-state index in [2.05, 4.69) is 191 Å². The first-order chi connectivity index (χ1) is 29.9. The topological polar surface area (TPSA) is 0 Å². The van der Waals surface area contributed by atoms with Crippen LogP contribution in [-0.4, -0.2) is 6.88 Å². The van der Waals surface area contributed by atoms with Gasteiger partial charge in [-0.15, -0.1) is 0 Å². The van der Waals surface area contributed by atoms with Crippen molar-refractivity contribution in [2.75, 3.05) is 0 Å². The van der Waals surface area contributed by atoms with Gasteiger partial charge in [-0.2, -0.15) is 0 Å². The summed E-state index contributed by atoms with van der Waals surface area (Å²) in [6.45, 7) is 16.1. The molecule has 0 spiro atoms. The van der Waals surface area contributed by atoms with Crippen LogP contribution >= 0.6 is 0 Å². The van der Waals surface area contributed by atoms with Crippen molar-refractivity contribution in [3.63, 3.8) is 0 Å². The predicted molar refractivity (Wildman–Crippen MR) is 273 cm³/mol. The minimum atomic E-state index is -4.20. The second kappa shape index (κ2) is 18.6. The van der Waals surface area contributed by atoms with Crippen molar-refractivity contribution in [3.8, 4) is 44.5 Å². The molecule has 0 bridgehead atoms. The number of hydrogen-bond donors (Lipinski definition) is 0. The molecule has 2 unspecified atom stereocenters. The van der Waals surface area contributed by atoms with Gasteiger partial charge in [0, 0.05) is 0 Å². The van der Waals surface area contributed by atoms with E-state index in [1.165, 1.54) is 142 Å². The fourth-order valence-electron chi connectivity index (χ4n) is 11.3. The molecule has 0 amide bonds.